The molecule has 1 atom stereocenters. The van der Waals surface area contributed by atoms with E-state index in [2.05, 4.69) is 10.2 Å². The minimum absolute atomic E-state index is 0.175. The molecule has 1 aliphatic heterocycles. The molecule has 17 heavy (non-hydrogen) atoms. The smallest absolute Gasteiger partial charge is 0.146 e. The van der Waals surface area contributed by atoms with Gasteiger partial charge in [-0.3, -0.25) is 0 Å². The Hall–Kier alpha value is -0.800. The maximum atomic E-state index is 13.8. The predicted molar refractivity (Wildman–Crippen MR) is 68.1 cm³/mol. The Balaban J connectivity index is 1.79. The van der Waals surface area contributed by atoms with Crippen LogP contribution in [0.1, 0.15) is 12.8 Å². The molecule has 0 amide bonds. The normalized spacial score (nSPS) is 25.1. The summed E-state index contributed by atoms with van der Waals surface area (Å²) in [5.41, 5.74) is 0.643. The Morgan fingerprint density at radius 3 is 2.94 bits per heavy atom. The number of nitrogens with one attached hydrogen (secondary N) is 1. The average molecular weight is 255 g/mol. The van der Waals surface area contributed by atoms with Crippen molar-refractivity contribution in [1.29, 1.82) is 0 Å². The van der Waals surface area contributed by atoms with E-state index in [1.165, 1.54) is 18.9 Å². The lowest BCUT2D eigenvalue weighted by Crippen LogP contribution is -2.52. The quantitative estimate of drug-likeness (QED) is 0.873. The highest BCUT2D eigenvalue weighted by molar-refractivity contribution is 6.30. The van der Waals surface area contributed by atoms with Gasteiger partial charge in [0.05, 0.1) is 5.69 Å². The van der Waals surface area contributed by atoms with Gasteiger partial charge in [-0.2, -0.15) is 0 Å². The molecule has 1 aromatic carbocycles. The van der Waals surface area contributed by atoms with Gasteiger partial charge in [-0.15, -0.1) is 0 Å². The molecule has 2 aliphatic rings. The minimum atomic E-state index is -0.175. The third-order valence-electron chi connectivity index (χ3n) is 3.65. The molecule has 1 N–H and O–H groups in total. The van der Waals surface area contributed by atoms with Crippen molar-refractivity contribution in [3.63, 3.8) is 0 Å². The number of rotatable bonds is 2. The summed E-state index contributed by atoms with van der Waals surface area (Å²) in [4.78, 5) is 2.11. The van der Waals surface area contributed by atoms with Crippen LogP contribution in [0.25, 0.3) is 0 Å². The fraction of sp³-hybridized carbons (Fsp3) is 0.538. The zero-order valence-corrected chi connectivity index (χ0v) is 10.4. The molecule has 1 heterocycles. The number of hydrogen-bond acceptors (Lipinski definition) is 2. The molecule has 1 aromatic rings. The minimum Gasteiger partial charge on any atom is -0.366 e. The number of benzene rings is 1. The van der Waals surface area contributed by atoms with Crippen molar-refractivity contribution >= 4 is 17.3 Å². The van der Waals surface area contributed by atoms with Gasteiger partial charge in [0.2, 0.25) is 0 Å². The van der Waals surface area contributed by atoms with E-state index < -0.39 is 0 Å². The van der Waals surface area contributed by atoms with Crippen molar-refractivity contribution in [3.8, 4) is 0 Å². The second kappa shape index (κ2) is 4.46. The Morgan fingerprint density at radius 2 is 2.18 bits per heavy atom. The zero-order chi connectivity index (χ0) is 11.8. The second-order valence-electron chi connectivity index (χ2n) is 4.94. The van der Waals surface area contributed by atoms with Crippen LogP contribution < -0.4 is 10.2 Å². The van der Waals surface area contributed by atoms with E-state index in [1.807, 2.05) is 0 Å². The van der Waals surface area contributed by atoms with Gasteiger partial charge in [0, 0.05) is 30.7 Å². The van der Waals surface area contributed by atoms with Crippen molar-refractivity contribution in [2.45, 2.75) is 18.9 Å². The summed E-state index contributed by atoms with van der Waals surface area (Å²) >= 11 is 5.94. The maximum Gasteiger partial charge on any atom is 0.146 e. The standard InChI is InChI=1S/C13H16ClFN2/c14-10-3-4-11(15)13(7-10)17-6-5-16-12(8-17)9-1-2-9/h3-4,7,9,12,16H,1-2,5-6,8H2. The van der Waals surface area contributed by atoms with Crippen LogP contribution in [0.4, 0.5) is 10.1 Å². The molecule has 0 bridgehead atoms. The zero-order valence-electron chi connectivity index (χ0n) is 9.63. The second-order valence-corrected chi connectivity index (χ2v) is 5.38. The third-order valence-corrected chi connectivity index (χ3v) is 3.88. The summed E-state index contributed by atoms with van der Waals surface area (Å²) in [6, 6.07) is 5.29. The third kappa shape index (κ3) is 2.40. The molecule has 2 nitrogen and oxygen atoms in total. The van der Waals surface area contributed by atoms with Crippen molar-refractivity contribution < 1.29 is 4.39 Å². The lowest BCUT2D eigenvalue weighted by molar-refractivity contribution is 0.416. The SMILES string of the molecule is Fc1ccc(Cl)cc1N1CCNC(C2CC2)C1. The van der Waals surface area contributed by atoms with E-state index in [-0.39, 0.29) is 5.82 Å². The van der Waals surface area contributed by atoms with Crippen LogP contribution in [-0.2, 0) is 0 Å². The number of anilines is 1. The van der Waals surface area contributed by atoms with Gasteiger partial charge in [0.25, 0.3) is 0 Å². The number of halogens is 2. The van der Waals surface area contributed by atoms with Crippen molar-refractivity contribution in [1.82, 2.24) is 5.32 Å². The van der Waals surface area contributed by atoms with Crippen LogP contribution in [0, 0.1) is 11.7 Å². The van der Waals surface area contributed by atoms with Gasteiger partial charge < -0.3 is 10.2 Å². The van der Waals surface area contributed by atoms with Gasteiger partial charge in [-0.1, -0.05) is 11.6 Å². The predicted octanol–water partition coefficient (Wildman–Crippen LogP) is 2.67. The summed E-state index contributed by atoms with van der Waals surface area (Å²) in [6.07, 6.45) is 2.62. The highest BCUT2D eigenvalue weighted by Crippen LogP contribution is 2.35. The van der Waals surface area contributed by atoms with Crippen LogP contribution in [-0.4, -0.2) is 25.7 Å². The van der Waals surface area contributed by atoms with E-state index in [9.17, 15) is 4.39 Å². The average Bonchev–Trinajstić information content (AvgIpc) is 3.17. The van der Waals surface area contributed by atoms with Crippen LogP contribution in [0.5, 0.6) is 0 Å². The Kier molecular flexibility index (Phi) is 2.97. The number of nitrogens with zero attached hydrogens (tertiary/aromatic N) is 1. The van der Waals surface area contributed by atoms with Gasteiger partial charge in [-0.05, 0) is 37.0 Å². The van der Waals surface area contributed by atoms with Gasteiger partial charge in [0.15, 0.2) is 0 Å². The number of hydrogen-bond donors (Lipinski definition) is 1. The summed E-state index contributed by atoms with van der Waals surface area (Å²) in [5.74, 6) is 0.617. The molecular formula is C13H16ClFN2. The first-order chi connectivity index (χ1) is 8.24. The van der Waals surface area contributed by atoms with Crippen LogP contribution in [0.2, 0.25) is 5.02 Å². The van der Waals surface area contributed by atoms with E-state index >= 15 is 0 Å². The maximum absolute atomic E-state index is 13.8. The van der Waals surface area contributed by atoms with Crippen molar-refractivity contribution in [2.24, 2.45) is 5.92 Å². The fourth-order valence-electron chi connectivity index (χ4n) is 2.54. The van der Waals surface area contributed by atoms with Gasteiger partial charge in [-0.25, -0.2) is 4.39 Å². The first kappa shape index (κ1) is 11.3. The van der Waals surface area contributed by atoms with Crippen LogP contribution >= 0.6 is 11.6 Å². The monoisotopic (exact) mass is 254 g/mol. The number of piperazine rings is 1. The highest BCUT2D eigenvalue weighted by atomic mass is 35.5. The molecule has 4 heteroatoms. The lowest BCUT2D eigenvalue weighted by atomic mass is 10.1. The molecule has 0 radical (unpaired) electrons. The topological polar surface area (TPSA) is 15.3 Å². The van der Waals surface area contributed by atoms with Crippen LogP contribution in [0.15, 0.2) is 18.2 Å². The molecule has 0 aromatic heterocycles. The van der Waals surface area contributed by atoms with E-state index in [4.69, 9.17) is 11.6 Å². The molecule has 92 valence electrons. The molecule has 3 rings (SSSR count). The summed E-state index contributed by atoms with van der Waals surface area (Å²) in [6.45, 7) is 2.66. The molecule has 0 spiro atoms. The summed E-state index contributed by atoms with van der Waals surface area (Å²) in [5, 5.41) is 4.12. The molecule has 1 saturated heterocycles. The Labute approximate surface area is 106 Å². The molecule has 2 fully saturated rings. The molecule has 1 unspecified atom stereocenters. The largest absolute Gasteiger partial charge is 0.366 e. The highest BCUT2D eigenvalue weighted by Gasteiger charge is 2.34. The van der Waals surface area contributed by atoms with Gasteiger partial charge >= 0.3 is 0 Å². The Bertz CT molecular complexity index is 420. The van der Waals surface area contributed by atoms with E-state index in [1.54, 1.807) is 12.1 Å². The fourth-order valence-corrected chi connectivity index (χ4v) is 2.71. The van der Waals surface area contributed by atoms with E-state index in [0.29, 0.717) is 16.8 Å². The molecule has 1 aliphatic carbocycles. The summed E-state index contributed by atoms with van der Waals surface area (Å²) < 4.78 is 13.8. The lowest BCUT2D eigenvalue weighted by Gasteiger charge is -2.35. The van der Waals surface area contributed by atoms with Crippen molar-refractivity contribution in [3.05, 3.63) is 29.0 Å². The summed E-state index contributed by atoms with van der Waals surface area (Å²) in [7, 11) is 0. The first-order valence-electron chi connectivity index (χ1n) is 6.17. The first-order valence-corrected chi connectivity index (χ1v) is 6.55. The Morgan fingerprint density at radius 1 is 1.35 bits per heavy atom. The molecule has 1 saturated carbocycles. The van der Waals surface area contributed by atoms with Crippen LogP contribution in [0.3, 0.4) is 0 Å². The van der Waals surface area contributed by atoms with E-state index in [0.717, 1.165) is 25.6 Å². The molecular weight excluding hydrogens is 239 g/mol. The van der Waals surface area contributed by atoms with Crippen molar-refractivity contribution in [2.75, 3.05) is 24.5 Å². The van der Waals surface area contributed by atoms with Gasteiger partial charge in [0.1, 0.15) is 5.82 Å².